The fraction of sp³-hybridized carbons (Fsp3) is 0.556. The van der Waals surface area contributed by atoms with Gasteiger partial charge in [-0.2, -0.15) is 4.31 Å². The van der Waals surface area contributed by atoms with E-state index in [4.69, 9.17) is 0 Å². The molecular weight excluding hydrogens is 322 g/mol. The van der Waals surface area contributed by atoms with E-state index >= 15 is 0 Å². The van der Waals surface area contributed by atoms with Gasteiger partial charge in [-0.25, -0.2) is 8.42 Å². The Kier molecular flexibility index (Phi) is 5.87. The van der Waals surface area contributed by atoms with Crippen LogP contribution in [0, 0.1) is 6.92 Å². The zero-order valence-corrected chi connectivity index (χ0v) is 16.6. The standard InChI is InChI=1S/C18H29NO2SSi/c1-16-10-12-18(13-11-16)22(20,21)19-15-17(19)9-7-5-6-8-14-23(2,3)4/h6,8,10-13,17H,5,7,9,14-15H2,1-4H3/b8-6+. The highest BCUT2D eigenvalue weighted by atomic mass is 32.2. The Balaban J connectivity index is 1.76. The summed E-state index contributed by atoms with van der Waals surface area (Å²) < 4.78 is 26.6. The number of hydrogen-bond donors (Lipinski definition) is 0. The minimum atomic E-state index is -3.28. The Morgan fingerprint density at radius 2 is 1.83 bits per heavy atom. The van der Waals surface area contributed by atoms with E-state index in [1.54, 1.807) is 16.4 Å². The largest absolute Gasteiger partial charge is 0.243 e. The summed E-state index contributed by atoms with van der Waals surface area (Å²) in [5.74, 6) is 0. The summed E-state index contributed by atoms with van der Waals surface area (Å²) in [6.07, 6.45) is 7.65. The van der Waals surface area contributed by atoms with Crippen molar-refractivity contribution in [2.24, 2.45) is 0 Å². The van der Waals surface area contributed by atoms with E-state index in [0.717, 1.165) is 24.8 Å². The molecule has 0 N–H and O–H groups in total. The molecule has 1 aliphatic rings. The average molecular weight is 352 g/mol. The van der Waals surface area contributed by atoms with Crippen molar-refractivity contribution in [2.45, 2.75) is 62.8 Å². The van der Waals surface area contributed by atoms with Crippen LogP contribution >= 0.6 is 0 Å². The van der Waals surface area contributed by atoms with E-state index in [9.17, 15) is 8.42 Å². The molecule has 0 saturated carbocycles. The van der Waals surface area contributed by atoms with Gasteiger partial charge in [0, 0.05) is 20.7 Å². The van der Waals surface area contributed by atoms with Crippen LogP contribution in [-0.4, -0.2) is 33.4 Å². The minimum Gasteiger partial charge on any atom is -0.207 e. The maximum absolute atomic E-state index is 12.5. The summed E-state index contributed by atoms with van der Waals surface area (Å²) in [6.45, 7) is 9.75. The molecule has 0 aliphatic carbocycles. The van der Waals surface area contributed by atoms with Crippen LogP contribution in [0.25, 0.3) is 0 Å². The first-order chi connectivity index (χ1) is 10.7. The number of unbranched alkanes of at least 4 members (excludes halogenated alkanes) is 1. The van der Waals surface area contributed by atoms with Gasteiger partial charge in [-0.3, -0.25) is 0 Å². The second kappa shape index (κ2) is 7.32. The topological polar surface area (TPSA) is 37.1 Å². The van der Waals surface area contributed by atoms with Crippen LogP contribution in [0.1, 0.15) is 24.8 Å². The summed E-state index contributed by atoms with van der Waals surface area (Å²) in [6, 6.07) is 8.55. The summed E-state index contributed by atoms with van der Waals surface area (Å²) in [4.78, 5) is 0.417. The minimum absolute atomic E-state index is 0.201. The first-order valence-corrected chi connectivity index (χ1v) is 13.6. The normalized spacial score (nSPS) is 21.7. The highest BCUT2D eigenvalue weighted by Gasteiger charge is 2.43. The molecule has 1 aromatic rings. The van der Waals surface area contributed by atoms with Gasteiger partial charge in [0.2, 0.25) is 10.0 Å². The molecule has 1 fully saturated rings. The Morgan fingerprint density at radius 1 is 1.17 bits per heavy atom. The molecule has 0 spiro atoms. The molecule has 2 atom stereocenters. The number of sulfonamides is 1. The van der Waals surface area contributed by atoms with Crippen molar-refractivity contribution in [3.05, 3.63) is 42.0 Å². The maximum atomic E-state index is 12.5. The van der Waals surface area contributed by atoms with Gasteiger partial charge in [0.15, 0.2) is 0 Å². The third-order valence-corrected chi connectivity index (χ3v) is 7.49. The van der Waals surface area contributed by atoms with Crippen LogP contribution in [-0.2, 0) is 10.0 Å². The second-order valence-electron chi connectivity index (χ2n) is 7.71. The van der Waals surface area contributed by atoms with Gasteiger partial charge in [0.1, 0.15) is 0 Å². The van der Waals surface area contributed by atoms with Crippen LogP contribution < -0.4 is 0 Å². The van der Waals surface area contributed by atoms with Crippen molar-refractivity contribution in [2.75, 3.05) is 6.54 Å². The maximum Gasteiger partial charge on any atom is 0.243 e. The molecule has 23 heavy (non-hydrogen) atoms. The Bertz CT molecular complexity index is 645. The Morgan fingerprint density at radius 3 is 2.43 bits per heavy atom. The van der Waals surface area contributed by atoms with Crippen molar-refractivity contribution >= 4 is 18.1 Å². The summed E-state index contributed by atoms with van der Waals surface area (Å²) in [5, 5.41) is 0. The van der Waals surface area contributed by atoms with Crippen LogP contribution in [0.4, 0.5) is 0 Å². The molecule has 128 valence electrons. The lowest BCUT2D eigenvalue weighted by atomic mass is 10.2. The molecule has 2 rings (SSSR count). The summed E-state index contributed by atoms with van der Waals surface area (Å²) >= 11 is 0. The van der Waals surface area contributed by atoms with Crippen molar-refractivity contribution in [3.8, 4) is 0 Å². The van der Waals surface area contributed by atoms with Crippen molar-refractivity contribution in [1.82, 2.24) is 4.31 Å². The predicted molar refractivity (Wildman–Crippen MR) is 100 cm³/mol. The van der Waals surface area contributed by atoms with Crippen LogP contribution in [0.5, 0.6) is 0 Å². The zero-order chi connectivity index (χ0) is 17.1. The van der Waals surface area contributed by atoms with Gasteiger partial charge >= 0.3 is 0 Å². The Labute approximate surface area is 142 Å². The highest BCUT2D eigenvalue weighted by molar-refractivity contribution is 7.89. The van der Waals surface area contributed by atoms with Gasteiger partial charge < -0.3 is 0 Å². The summed E-state index contributed by atoms with van der Waals surface area (Å²) in [7, 11) is -4.26. The second-order valence-corrected chi connectivity index (χ2v) is 15.1. The third-order valence-electron chi connectivity index (χ3n) is 4.10. The smallest absolute Gasteiger partial charge is 0.207 e. The van der Waals surface area contributed by atoms with E-state index in [2.05, 4.69) is 31.8 Å². The molecule has 0 radical (unpaired) electrons. The van der Waals surface area contributed by atoms with E-state index in [1.165, 1.54) is 6.04 Å². The fourth-order valence-corrected chi connectivity index (χ4v) is 5.05. The molecule has 1 heterocycles. The molecule has 0 aromatic heterocycles. The van der Waals surface area contributed by atoms with E-state index < -0.39 is 18.1 Å². The average Bonchev–Trinajstić information content (AvgIpc) is 3.22. The molecule has 1 saturated heterocycles. The molecule has 3 nitrogen and oxygen atoms in total. The number of rotatable bonds is 8. The molecule has 0 bridgehead atoms. The van der Waals surface area contributed by atoms with E-state index in [0.29, 0.717) is 11.4 Å². The lowest BCUT2D eigenvalue weighted by molar-refractivity contribution is 0.544. The van der Waals surface area contributed by atoms with E-state index in [-0.39, 0.29) is 6.04 Å². The number of aryl methyl sites for hydroxylation is 1. The van der Waals surface area contributed by atoms with Gasteiger partial charge in [0.05, 0.1) is 4.90 Å². The van der Waals surface area contributed by atoms with Gasteiger partial charge in [-0.15, -0.1) is 0 Å². The van der Waals surface area contributed by atoms with Crippen molar-refractivity contribution < 1.29 is 8.42 Å². The number of allylic oxidation sites excluding steroid dienone is 2. The zero-order valence-electron chi connectivity index (χ0n) is 14.7. The summed E-state index contributed by atoms with van der Waals surface area (Å²) in [5.41, 5.74) is 1.08. The first-order valence-electron chi connectivity index (χ1n) is 8.44. The first kappa shape index (κ1) is 18.4. The van der Waals surface area contributed by atoms with Crippen LogP contribution in [0.3, 0.4) is 0 Å². The predicted octanol–water partition coefficient (Wildman–Crippen LogP) is 4.43. The molecule has 1 aliphatic heterocycles. The quantitative estimate of drug-likeness (QED) is 0.301. The molecule has 1 aromatic carbocycles. The number of benzene rings is 1. The molecule has 5 heteroatoms. The Hall–Kier alpha value is -0.913. The van der Waals surface area contributed by atoms with Crippen molar-refractivity contribution in [1.29, 1.82) is 0 Å². The third kappa shape index (κ3) is 5.59. The lowest BCUT2D eigenvalue weighted by Crippen LogP contribution is -2.17. The van der Waals surface area contributed by atoms with Gasteiger partial charge in [0.25, 0.3) is 0 Å². The van der Waals surface area contributed by atoms with E-state index in [1.807, 2.05) is 19.1 Å². The van der Waals surface area contributed by atoms with Gasteiger partial charge in [-0.05, 0) is 44.4 Å². The van der Waals surface area contributed by atoms with Crippen LogP contribution in [0.15, 0.2) is 41.3 Å². The highest BCUT2D eigenvalue weighted by Crippen LogP contribution is 2.31. The monoisotopic (exact) mass is 351 g/mol. The molecule has 0 amide bonds. The van der Waals surface area contributed by atoms with Crippen LogP contribution in [0.2, 0.25) is 25.7 Å². The van der Waals surface area contributed by atoms with Crippen molar-refractivity contribution in [3.63, 3.8) is 0 Å². The molecule has 2 unspecified atom stereocenters. The van der Waals surface area contributed by atoms with Gasteiger partial charge in [-0.1, -0.05) is 49.5 Å². The SMILES string of the molecule is Cc1ccc(S(=O)(=O)N2CC2CCC/C=C/C[Si](C)(C)C)cc1. The number of hydrogen-bond acceptors (Lipinski definition) is 2. The fourth-order valence-electron chi connectivity index (χ4n) is 2.56. The lowest BCUT2D eigenvalue weighted by Gasteiger charge is -2.11. The molecular formula is C18H29NO2SSi. The number of nitrogens with zero attached hydrogens (tertiary/aromatic N) is 1.